The van der Waals surface area contributed by atoms with E-state index >= 15 is 0 Å². The van der Waals surface area contributed by atoms with Gasteiger partial charge in [0.2, 0.25) is 0 Å². The molecule has 6 nitrogen and oxygen atoms in total. The van der Waals surface area contributed by atoms with Crippen LogP contribution in [-0.4, -0.2) is 52.5 Å². The number of imidazole rings is 1. The lowest BCUT2D eigenvalue weighted by atomic mass is 10.1. The van der Waals surface area contributed by atoms with Crippen molar-refractivity contribution in [1.82, 2.24) is 19.3 Å². The van der Waals surface area contributed by atoms with E-state index in [1.165, 1.54) is 11.3 Å². The van der Waals surface area contributed by atoms with E-state index in [2.05, 4.69) is 74.9 Å². The number of nitrogen functional groups attached to an aromatic ring is 1. The average molecular weight is 435 g/mol. The molecule has 6 heteroatoms. The second-order valence-electron chi connectivity index (χ2n) is 8.74. The zero-order chi connectivity index (χ0) is 22.4. The average Bonchev–Trinajstić information content (AvgIpc) is 3.27. The summed E-state index contributed by atoms with van der Waals surface area (Å²) in [7, 11) is 2.18. The van der Waals surface area contributed by atoms with E-state index < -0.39 is 0 Å². The van der Waals surface area contributed by atoms with E-state index in [4.69, 9.17) is 10.7 Å². The zero-order valence-corrected chi connectivity index (χ0v) is 18.6. The van der Waals surface area contributed by atoms with E-state index in [0.29, 0.717) is 5.82 Å². The lowest BCUT2D eigenvalue weighted by molar-refractivity contribution is 0.313. The van der Waals surface area contributed by atoms with Gasteiger partial charge in [0.15, 0.2) is 0 Å². The van der Waals surface area contributed by atoms with E-state index in [-0.39, 0.29) is 0 Å². The fraction of sp³-hybridized carbons (Fsp3) is 0.185. The molecule has 0 amide bonds. The number of para-hydroxylation sites is 1. The maximum atomic E-state index is 6.10. The smallest absolute Gasteiger partial charge is 0.137 e. The highest BCUT2D eigenvalue weighted by atomic mass is 15.2. The third-order valence-electron chi connectivity index (χ3n) is 6.59. The van der Waals surface area contributed by atoms with Gasteiger partial charge in [-0.25, -0.2) is 9.97 Å². The van der Waals surface area contributed by atoms with Crippen LogP contribution < -0.4 is 10.6 Å². The standard InChI is InChI=1S/C27H26N6/c1-31-12-14-32(15-13-31)21-8-6-19(7-9-21)20-10-11-33-25(18-29-27(33)16-20)23-17-26(28)30-24-5-3-2-4-22(23)24/h2-11,16-18H,12-15H2,1H3,(H2,28,30). The van der Waals surface area contributed by atoms with Crippen molar-refractivity contribution in [3.63, 3.8) is 0 Å². The molecule has 0 atom stereocenters. The van der Waals surface area contributed by atoms with E-state index in [9.17, 15) is 0 Å². The summed E-state index contributed by atoms with van der Waals surface area (Å²) in [5.74, 6) is 0.510. The molecule has 6 rings (SSSR count). The van der Waals surface area contributed by atoms with Crippen molar-refractivity contribution in [1.29, 1.82) is 0 Å². The zero-order valence-electron chi connectivity index (χ0n) is 18.6. The minimum absolute atomic E-state index is 0.510. The third-order valence-corrected chi connectivity index (χ3v) is 6.59. The van der Waals surface area contributed by atoms with Crippen LogP contribution >= 0.6 is 0 Å². The number of benzene rings is 2. The van der Waals surface area contributed by atoms with Crippen LogP contribution in [0.2, 0.25) is 0 Å². The molecule has 0 bridgehead atoms. The Hall–Kier alpha value is -3.90. The molecule has 2 N–H and O–H groups in total. The molecule has 1 fully saturated rings. The minimum atomic E-state index is 0.510. The quantitative estimate of drug-likeness (QED) is 0.451. The number of aromatic nitrogens is 3. The maximum absolute atomic E-state index is 6.10. The summed E-state index contributed by atoms with van der Waals surface area (Å²) in [5, 5.41) is 1.07. The van der Waals surface area contributed by atoms with Crippen molar-refractivity contribution >= 4 is 28.1 Å². The van der Waals surface area contributed by atoms with E-state index in [1.807, 2.05) is 30.5 Å². The van der Waals surface area contributed by atoms with Crippen LogP contribution in [0.1, 0.15) is 0 Å². The summed E-state index contributed by atoms with van der Waals surface area (Å²) in [6.45, 7) is 4.37. The molecule has 0 spiro atoms. The molecule has 33 heavy (non-hydrogen) atoms. The fourth-order valence-electron chi connectivity index (χ4n) is 4.70. The lowest BCUT2D eigenvalue weighted by Gasteiger charge is -2.34. The van der Waals surface area contributed by atoms with Gasteiger partial charge in [0, 0.05) is 49.0 Å². The van der Waals surface area contributed by atoms with Crippen molar-refractivity contribution in [3.05, 3.63) is 79.1 Å². The summed E-state index contributed by atoms with van der Waals surface area (Å²) in [6.07, 6.45) is 4.00. The van der Waals surface area contributed by atoms with Gasteiger partial charge in [-0.1, -0.05) is 30.3 Å². The van der Waals surface area contributed by atoms with Crippen molar-refractivity contribution in [2.45, 2.75) is 0 Å². The molecule has 3 aromatic heterocycles. The summed E-state index contributed by atoms with van der Waals surface area (Å²) >= 11 is 0. The monoisotopic (exact) mass is 434 g/mol. The summed E-state index contributed by atoms with van der Waals surface area (Å²) in [5.41, 5.74) is 13.6. The van der Waals surface area contributed by atoms with Crippen molar-refractivity contribution in [3.8, 4) is 22.4 Å². The number of likely N-dealkylation sites (N-methyl/N-ethyl adjacent to an activating group) is 1. The minimum Gasteiger partial charge on any atom is -0.384 e. The van der Waals surface area contributed by atoms with Gasteiger partial charge in [-0.3, -0.25) is 4.40 Å². The van der Waals surface area contributed by atoms with Crippen LogP contribution in [0.25, 0.3) is 38.9 Å². The first-order chi connectivity index (χ1) is 16.2. The van der Waals surface area contributed by atoms with Gasteiger partial charge in [0.1, 0.15) is 11.5 Å². The largest absolute Gasteiger partial charge is 0.384 e. The molecule has 0 aliphatic carbocycles. The second kappa shape index (κ2) is 7.90. The van der Waals surface area contributed by atoms with Crippen LogP contribution in [0.5, 0.6) is 0 Å². The number of fused-ring (bicyclic) bond motifs is 2. The van der Waals surface area contributed by atoms with Gasteiger partial charge < -0.3 is 15.5 Å². The molecule has 164 valence electrons. The third kappa shape index (κ3) is 3.58. The van der Waals surface area contributed by atoms with Crippen molar-refractivity contribution < 1.29 is 0 Å². The highest BCUT2D eigenvalue weighted by Crippen LogP contribution is 2.31. The number of pyridine rings is 2. The Morgan fingerprint density at radius 3 is 2.45 bits per heavy atom. The number of hydrogen-bond acceptors (Lipinski definition) is 5. The van der Waals surface area contributed by atoms with Crippen LogP contribution in [0.3, 0.4) is 0 Å². The van der Waals surface area contributed by atoms with Crippen LogP contribution in [0.4, 0.5) is 11.5 Å². The van der Waals surface area contributed by atoms with Gasteiger partial charge in [-0.2, -0.15) is 0 Å². The summed E-state index contributed by atoms with van der Waals surface area (Å²) in [6, 6.07) is 23.2. The van der Waals surface area contributed by atoms with Gasteiger partial charge in [-0.05, 0) is 54.6 Å². The molecule has 2 aromatic carbocycles. The molecule has 0 unspecified atom stereocenters. The first-order valence-corrected chi connectivity index (χ1v) is 11.3. The van der Waals surface area contributed by atoms with E-state index in [0.717, 1.165) is 59.5 Å². The lowest BCUT2D eigenvalue weighted by Crippen LogP contribution is -2.44. The number of hydrogen-bond donors (Lipinski definition) is 1. The number of anilines is 2. The molecule has 1 aliphatic rings. The van der Waals surface area contributed by atoms with Gasteiger partial charge in [-0.15, -0.1) is 0 Å². The molecular formula is C27H26N6. The number of nitrogens with two attached hydrogens (primary N) is 1. The number of rotatable bonds is 3. The predicted molar refractivity (Wildman–Crippen MR) is 135 cm³/mol. The normalized spacial score (nSPS) is 14.9. The Bertz CT molecular complexity index is 1450. The van der Waals surface area contributed by atoms with E-state index in [1.54, 1.807) is 0 Å². The number of piperazine rings is 1. The summed E-state index contributed by atoms with van der Waals surface area (Å²) < 4.78 is 2.11. The molecule has 0 saturated carbocycles. The highest BCUT2D eigenvalue weighted by Gasteiger charge is 2.15. The summed E-state index contributed by atoms with van der Waals surface area (Å²) in [4.78, 5) is 14.0. The molecule has 5 aromatic rings. The van der Waals surface area contributed by atoms with Crippen molar-refractivity contribution in [2.75, 3.05) is 43.9 Å². The molecular weight excluding hydrogens is 408 g/mol. The van der Waals surface area contributed by atoms with Crippen LogP contribution in [0.15, 0.2) is 79.1 Å². The first kappa shape index (κ1) is 19.8. The highest BCUT2D eigenvalue weighted by molar-refractivity contribution is 5.95. The predicted octanol–water partition coefficient (Wildman–Crippen LogP) is 4.55. The van der Waals surface area contributed by atoms with Gasteiger partial charge in [0.25, 0.3) is 0 Å². The topological polar surface area (TPSA) is 62.7 Å². The Morgan fingerprint density at radius 2 is 1.64 bits per heavy atom. The first-order valence-electron chi connectivity index (χ1n) is 11.3. The van der Waals surface area contributed by atoms with Crippen molar-refractivity contribution in [2.24, 2.45) is 0 Å². The van der Waals surface area contributed by atoms with Crippen LogP contribution in [0, 0.1) is 0 Å². The Balaban J connectivity index is 1.34. The van der Waals surface area contributed by atoms with Gasteiger partial charge >= 0.3 is 0 Å². The Labute approximate surface area is 192 Å². The SMILES string of the molecule is CN1CCN(c2ccc(-c3ccn4c(-c5cc(N)nc6ccccc56)cnc4c3)cc2)CC1. The van der Waals surface area contributed by atoms with Gasteiger partial charge in [0.05, 0.1) is 17.4 Å². The second-order valence-corrected chi connectivity index (χ2v) is 8.74. The van der Waals surface area contributed by atoms with Crippen LogP contribution in [-0.2, 0) is 0 Å². The molecule has 4 heterocycles. The Kier molecular flexibility index (Phi) is 4.73. The number of nitrogens with zero attached hydrogens (tertiary/aromatic N) is 5. The Morgan fingerprint density at radius 1 is 0.848 bits per heavy atom. The fourth-order valence-corrected chi connectivity index (χ4v) is 4.70. The molecule has 1 saturated heterocycles. The maximum Gasteiger partial charge on any atom is 0.137 e. The molecule has 1 aliphatic heterocycles. The molecule has 0 radical (unpaired) electrons.